The molecule has 0 amide bonds. The maximum absolute atomic E-state index is 10.0. The molecule has 1 radical (unpaired) electrons. The second-order valence-corrected chi connectivity index (χ2v) is 3.23. The number of fused-ring (bicyclic) bond motifs is 1. The number of rotatable bonds is 3. The zero-order chi connectivity index (χ0) is 9.80. The Kier molecular flexibility index (Phi) is 2.70. The van der Waals surface area contributed by atoms with E-state index >= 15 is 0 Å². The van der Waals surface area contributed by atoms with Crippen molar-refractivity contribution in [2.45, 2.75) is 0 Å². The van der Waals surface area contributed by atoms with E-state index in [1.165, 1.54) is 0 Å². The van der Waals surface area contributed by atoms with Crippen LogP contribution < -0.4 is 4.18 Å². The molecule has 0 fully saturated rings. The molecule has 0 saturated carbocycles. The highest BCUT2D eigenvalue weighted by Crippen LogP contribution is 2.27. The highest BCUT2D eigenvalue weighted by Gasteiger charge is 2.00. The van der Waals surface area contributed by atoms with Gasteiger partial charge < -0.3 is 4.18 Å². The molecule has 0 heterocycles. The van der Waals surface area contributed by atoms with Gasteiger partial charge in [0.15, 0.2) is 0 Å². The maximum Gasteiger partial charge on any atom is 0.308 e. The quantitative estimate of drug-likeness (QED) is 0.717. The Bertz CT molecular complexity index is 448. The smallest absolute Gasteiger partial charge is 0.308 e. The van der Waals surface area contributed by atoms with E-state index in [4.69, 9.17) is 4.18 Å². The maximum atomic E-state index is 10.0. The summed E-state index contributed by atoms with van der Waals surface area (Å²) in [5.74, 6) is 0.691. The molecule has 0 aliphatic heterocycles. The first-order valence-electron chi connectivity index (χ1n) is 4.10. The molecule has 69 valence electrons. The zero-order valence-electron chi connectivity index (χ0n) is 7.27. The fourth-order valence-electron chi connectivity index (χ4n) is 1.33. The molecule has 2 nitrogen and oxygen atoms in total. The number of carbonyl (C=O) groups excluding carboxylic acids is 1. The number of hydrogen-bond donors (Lipinski definition) is 0. The second-order valence-electron chi connectivity index (χ2n) is 2.73. The van der Waals surface area contributed by atoms with Gasteiger partial charge in [-0.3, -0.25) is 4.79 Å². The van der Waals surface area contributed by atoms with Crippen LogP contribution in [0, 0.1) is 0 Å². The van der Waals surface area contributed by atoms with Crippen molar-refractivity contribution in [3.8, 4) is 5.75 Å². The lowest BCUT2D eigenvalue weighted by atomic mass is 10.1. The van der Waals surface area contributed by atoms with Crippen LogP contribution >= 0.6 is 12.0 Å². The van der Waals surface area contributed by atoms with E-state index in [2.05, 4.69) is 0 Å². The fraction of sp³-hybridized carbons (Fsp3) is 0. The van der Waals surface area contributed by atoms with Crippen molar-refractivity contribution in [2.24, 2.45) is 0 Å². The highest BCUT2D eigenvalue weighted by molar-refractivity contribution is 8.08. The molecule has 2 aromatic carbocycles. The zero-order valence-corrected chi connectivity index (χ0v) is 8.08. The van der Waals surface area contributed by atoms with Crippen LogP contribution in [0.3, 0.4) is 0 Å². The first kappa shape index (κ1) is 9.09. The van der Waals surface area contributed by atoms with E-state index in [0.717, 1.165) is 10.8 Å². The Morgan fingerprint density at radius 1 is 1.07 bits per heavy atom. The second kappa shape index (κ2) is 4.15. The standard InChI is InChI=1S/C11H7O2S/c12-8-14-13-11-7-3-5-9-4-1-2-6-10(9)11/h1-7H. The molecule has 14 heavy (non-hydrogen) atoms. The minimum atomic E-state index is 0.670. The van der Waals surface area contributed by atoms with Crippen LogP contribution in [-0.4, -0.2) is 5.62 Å². The predicted octanol–water partition coefficient (Wildman–Crippen LogP) is 2.93. The highest BCUT2D eigenvalue weighted by atomic mass is 32.2. The van der Waals surface area contributed by atoms with Crippen molar-refractivity contribution in [3.05, 3.63) is 42.5 Å². The summed E-state index contributed by atoms with van der Waals surface area (Å²) in [4.78, 5) is 10.0. The van der Waals surface area contributed by atoms with Crippen LogP contribution in [0.5, 0.6) is 5.75 Å². The fourth-order valence-corrected chi connectivity index (χ4v) is 1.60. The molecular weight excluding hydrogens is 196 g/mol. The van der Waals surface area contributed by atoms with Gasteiger partial charge in [0.2, 0.25) is 0 Å². The third-order valence-corrected chi connectivity index (χ3v) is 2.25. The van der Waals surface area contributed by atoms with Gasteiger partial charge in [-0.2, -0.15) is 0 Å². The minimum absolute atomic E-state index is 0.670. The van der Waals surface area contributed by atoms with Gasteiger partial charge in [0.05, 0.1) is 0 Å². The molecular formula is C11H7O2S. The molecule has 0 atom stereocenters. The number of hydrogen-bond acceptors (Lipinski definition) is 3. The van der Waals surface area contributed by atoms with Gasteiger partial charge in [-0.25, -0.2) is 0 Å². The predicted molar refractivity (Wildman–Crippen MR) is 57.9 cm³/mol. The van der Waals surface area contributed by atoms with Crippen molar-refractivity contribution in [1.29, 1.82) is 0 Å². The van der Waals surface area contributed by atoms with Gasteiger partial charge in [0, 0.05) is 5.39 Å². The summed E-state index contributed by atoms with van der Waals surface area (Å²) >= 11 is 0.670. The van der Waals surface area contributed by atoms with Crippen molar-refractivity contribution in [1.82, 2.24) is 0 Å². The molecule has 0 aliphatic carbocycles. The van der Waals surface area contributed by atoms with Crippen molar-refractivity contribution in [2.75, 3.05) is 0 Å². The SMILES string of the molecule is O=[C]SOc1cccc2ccccc12. The van der Waals surface area contributed by atoms with E-state index in [9.17, 15) is 4.79 Å². The first-order chi connectivity index (χ1) is 6.92. The molecule has 2 aromatic rings. The van der Waals surface area contributed by atoms with Crippen LogP contribution in [0.2, 0.25) is 0 Å². The van der Waals surface area contributed by atoms with E-state index in [1.807, 2.05) is 42.5 Å². The largest absolute Gasteiger partial charge is 0.416 e. The van der Waals surface area contributed by atoms with Crippen LogP contribution in [0.4, 0.5) is 0 Å². The summed E-state index contributed by atoms with van der Waals surface area (Å²) in [6.45, 7) is 0. The Hall–Kier alpha value is -1.48. The van der Waals surface area contributed by atoms with Gasteiger partial charge in [0.25, 0.3) is 0 Å². The lowest BCUT2D eigenvalue weighted by Gasteiger charge is -2.03. The minimum Gasteiger partial charge on any atom is -0.416 e. The van der Waals surface area contributed by atoms with E-state index in [0.29, 0.717) is 17.8 Å². The van der Waals surface area contributed by atoms with E-state index < -0.39 is 0 Å². The Labute approximate surface area is 86.1 Å². The molecule has 0 unspecified atom stereocenters. The number of benzene rings is 2. The monoisotopic (exact) mass is 203 g/mol. The Morgan fingerprint density at radius 2 is 1.86 bits per heavy atom. The lowest BCUT2D eigenvalue weighted by Crippen LogP contribution is -1.82. The van der Waals surface area contributed by atoms with Crippen LogP contribution in [0.1, 0.15) is 0 Å². The van der Waals surface area contributed by atoms with Crippen molar-refractivity contribution < 1.29 is 8.98 Å². The molecule has 0 N–H and O–H groups in total. The molecule has 3 heteroatoms. The Balaban J connectivity index is 2.48. The van der Waals surface area contributed by atoms with Crippen LogP contribution in [-0.2, 0) is 4.79 Å². The van der Waals surface area contributed by atoms with Crippen LogP contribution in [0.15, 0.2) is 42.5 Å². The molecule has 0 aliphatic rings. The summed E-state index contributed by atoms with van der Waals surface area (Å²) in [6, 6.07) is 13.6. The molecule has 0 spiro atoms. The summed E-state index contributed by atoms with van der Waals surface area (Å²) in [7, 11) is 0. The first-order valence-corrected chi connectivity index (χ1v) is 4.84. The molecule has 2 rings (SSSR count). The van der Waals surface area contributed by atoms with E-state index in [1.54, 1.807) is 5.62 Å². The molecule has 0 bridgehead atoms. The summed E-state index contributed by atoms with van der Waals surface area (Å²) in [5, 5.41) is 2.09. The van der Waals surface area contributed by atoms with Crippen LogP contribution in [0.25, 0.3) is 10.8 Å². The van der Waals surface area contributed by atoms with Gasteiger partial charge in [-0.1, -0.05) is 36.4 Å². The average Bonchev–Trinajstić information content (AvgIpc) is 2.26. The summed E-state index contributed by atoms with van der Waals surface area (Å²) in [5.41, 5.74) is 1.63. The molecule has 0 aromatic heterocycles. The third-order valence-electron chi connectivity index (χ3n) is 1.92. The summed E-state index contributed by atoms with van der Waals surface area (Å²) < 4.78 is 5.16. The average molecular weight is 203 g/mol. The normalized spacial score (nSPS) is 10.0. The van der Waals surface area contributed by atoms with Gasteiger partial charge in [-0.05, 0) is 11.5 Å². The molecule has 0 saturated heterocycles. The Morgan fingerprint density at radius 3 is 2.71 bits per heavy atom. The van der Waals surface area contributed by atoms with Gasteiger partial charge in [-0.15, -0.1) is 0 Å². The topological polar surface area (TPSA) is 26.3 Å². The van der Waals surface area contributed by atoms with E-state index in [-0.39, 0.29) is 0 Å². The van der Waals surface area contributed by atoms with Crippen molar-refractivity contribution >= 4 is 28.4 Å². The van der Waals surface area contributed by atoms with Crippen molar-refractivity contribution in [3.63, 3.8) is 0 Å². The third kappa shape index (κ3) is 1.72. The summed E-state index contributed by atoms with van der Waals surface area (Å²) in [6.07, 6.45) is 0. The lowest BCUT2D eigenvalue weighted by molar-refractivity contribution is 0.565. The van der Waals surface area contributed by atoms with Gasteiger partial charge in [0.1, 0.15) is 17.8 Å². The van der Waals surface area contributed by atoms with Gasteiger partial charge >= 0.3 is 5.62 Å².